The van der Waals surface area contributed by atoms with Crippen LogP contribution in [0, 0.1) is 6.92 Å². The number of fused-ring (bicyclic) bond motifs is 4. The number of benzene rings is 3. The van der Waals surface area contributed by atoms with Crippen molar-refractivity contribution in [3.05, 3.63) is 77.9 Å². The van der Waals surface area contributed by atoms with E-state index in [9.17, 15) is 0 Å². The Kier molecular flexibility index (Phi) is 3.80. The zero-order valence-corrected chi connectivity index (χ0v) is 16.7. The molecule has 0 amide bonds. The number of pyridine rings is 1. The van der Waals surface area contributed by atoms with Gasteiger partial charge in [0.2, 0.25) is 0 Å². The predicted molar refractivity (Wildman–Crippen MR) is 119 cm³/mol. The van der Waals surface area contributed by atoms with Gasteiger partial charge in [-0.15, -0.1) is 0 Å². The fourth-order valence-corrected chi connectivity index (χ4v) is 4.47. The second kappa shape index (κ2) is 6.23. The quantitative estimate of drug-likeness (QED) is 0.427. The van der Waals surface area contributed by atoms with E-state index in [-0.39, 0.29) is 5.41 Å². The molecule has 0 aliphatic carbocycles. The Morgan fingerprint density at radius 3 is 2.43 bits per heavy atom. The number of hydrogen-bond donors (Lipinski definition) is 1. The summed E-state index contributed by atoms with van der Waals surface area (Å²) in [6, 6.07) is 23.8. The summed E-state index contributed by atoms with van der Waals surface area (Å²) in [6.45, 7) is 7.68. The number of nitrogens with one attached hydrogen (secondary N) is 1. The van der Waals surface area contributed by atoms with Gasteiger partial charge in [-0.1, -0.05) is 74.5 Å². The fraction of sp³-hybridized carbons (Fsp3) is 0.240. The summed E-state index contributed by atoms with van der Waals surface area (Å²) in [6.07, 6.45) is 1.04. The van der Waals surface area contributed by atoms with Crippen molar-refractivity contribution >= 4 is 33.2 Å². The molecule has 0 spiro atoms. The smallest absolute Gasteiger partial charge is 0.153 e. The van der Waals surface area contributed by atoms with Gasteiger partial charge in [-0.25, -0.2) is 4.98 Å². The van der Waals surface area contributed by atoms with E-state index in [1.165, 1.54) is 27.6 Å². The van der Waals surface area contributed by atoms with Crippen LogP contribution in [0.5, 0.6) is 0 Å². The second-order valence-electron chi connectivity index (χ2n) is 8.11. The summed E-state index contributed by atoms with van der Waals surface area (Å²) in [5, 5.41) is 5.94. The first-order valence-electron chi connectivity index (χ1n) is 10.0. The zero-order chi connectivity index (χ0) is 19.3. The minimum atomic E-state index is -0.0120. The molecule has 0 radical (unpaired) electrons. The lowest BCUT2D eigenvalue weighted by Gasteiger charge is -2.39. The number of aryl methyl sites for hydroxylation is 1. The molecule has 4 aromatic rings. The molecule has 28 heavy (non-hydrogen) atoms. The van der Waals surface area contributed by atoms with Gasteiger partial charge in [0.1, 0.15) is 0 Å². The average molecular weight is 367 g/mol. The van der Waals surface area contributed by atoms with Crippen molar-refractivity contribution in [3.8, 4) is 0 Å². The summed E-state index contributed by atoms with van der Waals surface area (Å²) in [5.41, 5.74) is 8.58. The van der Waals surface area contributed by atoms with Crippen LogP contribution in [-0.2, 0) is 5.41 Å². The third-order valence-electron chi connectivity index (χ3n) is 6.32. The summed E-state index contributed by atoms with van der Waals surface area (Å²) in [7, 11) is 0. The lowest BCUT2D eigenvalue weighted by Crippen LogP contribution is -2.44. The molecule has 0 fully saturated rings. The highest BCUT2D eigenvalue weighted by molar-refractivity contribution is 6.11. The number of hydrogen-bond acceptors (Lipinski definition) is 3. The molecule has 1 aliphatic heterocycles. The molecule has 3 aromatic carbocycles. The molecule has 0 saturated heterocycles. The van der Waals surface area contributed by atoms with E-state index in [0.717, 1.165) is 29.7 Å². The van der Waals surface area contributed by atoms with Gasteiger partial charge in [-0.05, 0) is 35.9 Å². The van der Waals surface area contributed by atoms with Crippen LogP contribution in [0.3, 0.4) is 0 Å². The monoisotopic (exact) mass is 367 g/mol. The Morgan fingerprint density at radius 2 is 1.64 bits per heavy atom. The van der Waals surface area contributed by atoms with E-state index in [0.29, 0.717) is 0 Å². The van der Waals surface area contributed by atoms with E-state index < -0.39 is 0 Å². The van der Waals surface area contributed by atoms with Crippen molar-refractivity contribution in [1.82, 2.24) is 4.98 Å². The van der Waals surface area contributed by atoms with Crippen LogP contribution in [-0.4, -0.2) is 11.5 Å². The molecule has 0 saturated carbocycles. The Morgan fingerprint density at radius 1 is 0.929 bits per heavy atom. The van der Waals surface area contributed by atoms with Crippen LogP contribution in [0.15, 0.2) is 66.7 Å². The molecule has 1 atom stereocenters. The number of para-hydroxylation sites is 2. The Hall–Kier alpha value is -3.07. The van der Waals surface area contributed by atoms with Crippen molar-refractivity contribution in [2.45, 2.75) is 32.6 Å². The highest BCUT2D eigenvalue weighted by Gasteiger charge is 2.33. The molecular formula is C25H25N3. The third kappa shape index (κ3) is 2.46. The normalized spacial score (nSPS) is 18.9. The zero-order valence-electron chi connectivity index (χ0n) is 16.7. The van der Waals surface area contributed by atoms with Crippen molar-refractivity contribution in [2.75, 3.05) is 17.0 Å². The van der Waals surface area contributed by atoms with Gasteiger partial charge in [-0.3, -0.25) is 10.4 Å². The maximum absolute atomic E-state index is 5.14. The molecule has 1 aromatic heterocycles. The molecule has 3 heteroatoms. The average Bonchev–Trinajstić information content (AvgIpc) is 2.72. The largest absolute Gasteiger partial charge is 0.285 e. The number of nitrogens with zero attached hydrogens (tertiary/aromatic N) is 2. The molecule has 140 valence electrons. The van der Waals surface area contributed by atoms with E-state index >= 15 is 0 Å². The predicted octanol–water partition coefficient (Wildman–Crippen LogP) is 6.21. The second-order valence-corrected chi connectivity index (χ2v) is 8.11. The number of aromatic nitrogens is 1. The third-order valence-corrected chi connectivity index (χ3v) is 6.32. The lowest BCUT2D eigenvalue weighted by atomic mass is 9.78. The van der Waals surface area contributed by atoms with Crippen LogP contribution < -0.4 is 10.4 Å². The summed E-state index contributed by atoms with van der Waals surface area (Å²) in [5.74, 6) is 0.928. The van der Waals surface area contributed by atoms with E-state index in [4.69, 9.17) is 4.98 Å². The summed E-state index contributed by atoms with van der Waals surface area (Å²) in [4.78, 5) is 5.14. The standard InChI is InChI=1S/C25H25N3/c1-4-25(3)16-28(22-15-8-5-10-17(22)2)27-24-20-12-7-6-11-18(20)19-13-9-14-21(25)23(19)26-24/h5-15H,4,16H2,1-3H3,(H,26,27). The summed E-state index contributed by atoms with van der Waals surface area (Å²) >= 11 is 0. The van der Waals surface area contributed by atoms with Crippen LogP contribution in [0.1, 0.15) is 31.4 Å². The number of anilines is 2. The SMILES string of the molecule is CCC1(C)CN(c2ccccc2C)Nc2nc3c1cccc3c1ccccc21. The topological polar surface area (TPSA) is 28.2 Å². The Labute approximate surface area is 166 Å². The van der Waals surface area contributed by atoms with Gasteiger partial charge in [-0.2, -0.15) is 0 Å². The molecular weight excluding hydrogens is 342 g/mol. The van der Waals surface area contributed by atoms with Gasteiger partial charge >= 0.3 is 0 Å². The highest BCUT2D eigenvalue weighted by Crippen LogP contribution is 2.40. The lowest BCUT2D eigenvalue weighted by molar-refractivity contribution is 0.457. The van der Waals surface area contributed by atoms with Crippen molar-refractivity contribution in [1.29, 1.82) is 0 Å². The highest BCUT2D eigenvalue weighted by atomic mass is 15.5. The maximum Gasteiger partial charge on any atom is 0.153 e. The van der Waals surface area contributed by atoms with Crippen molar-refractivity contribution in [2.24, 2.45) is 0 Å². The summed E-state index contributed by atoms with van der Waals surface area (Å²) < 4.78 is 0. The van der Waals surface area contributed by atoms with Crippen molar-refractivity contribution in [3.63, 3.8) is 0 Å². The minimum absolute atomic E-state index is 0.0120. The first-order chi connectivity index (χ1) is 13.6. The van der Waals surface area contributed by atoms with Crippen LogP contribution in [0.25, 0.3) is 21.7 Å². The van der Waals surface area contributed by atoms with E-state index in [2.05, 4.69) is 97.9 Å². The molecule has 3 nitrogen and oxygen atoms in total. The van der Waals surface area contributed by atoms with Gasteiger partial charge in [0.15, 0.2) is 5.82 Å². The van der Waals surface area contributed by atoms with Crippen molar-refractivity contribution < 1.29 is 0 Å². The fourth-order valence-electron chi connectivity index (χ4n) is 4.47. The molecule has 2 bridgehead atoms. The first kappa shape index (κ1) is 17.1. The molecule has 2 heterocycles. The van der Waals surface area contributed by atoms with E-state index in [1.54, 1.807) is 0 Å². The Bertz CT molecular complexity index is 1200. The minimum Gasteiger partial charge on any atom is -0.285 e. The molecule has 5 rings (SSSR count). The van der Waals surface area contributed by atoms with Gasteiger partial charge in [0, 0.05) is 22.7 Å². The number of rotatable bonds is 2. The molecule has 1 unspecified atom stereocenters. The maximum atomic E-state index is 5.14. The first-order valence-corrected chi connectivity index (χ1v) is 10.0. The van der Waals surface area contributed by atoms with Crippen LogP contribution in [0.4, 0.5) is 11.5 Å². The number of hydrazine groups is 1. The van der Waals surface area contributed by atoms with Gasteiger partial charge < -0.3 is 0 Å². The molecule has 1 N–H and O–H groups in total. The van der Waals surface area contributed by atoms with E-state index in [1.807, 2.05) is 0 Å². The van der Waals surface area contributed by atoms with Crippen LogP contribution in [0.2, 0.25) is 0 Å². The van der Waals surface area contributed by atoms with Crippen LogP contribution >= 0.6 is 0 Å². The van der Waals surface area contributed by atoms with Gasteiger partial charge in [0.05, 0.1) is 11.2 Å². The Balaban J connectivity index is 1.85. The van der Waals surface area contributed by atoms with Gasteiger partial charge in [0.25, 0.3) is 0 Å². The molecule has 1 aliphatic rings.